The van der Waals surface area contributed by atoms with Crippen LogP contribution in [0.15, 0.2) is 28.8 Å². The molecular weight excluding hydrogens is 209 g/mol. The van der Waals surface area contributed by atoms with Crippen LogP contribution >= 0.6 is 0 Å². The predicted molar refractivity (Wildman–Crippen MR) is 56.1 cm³/mol. The summed E-state index contributed by atoms with van der Waals surface area (Å²) < 4.78 is 17.7. The van der Waals surface area contributed by atoms with E-state index in [1.165, 1.54) is 12.1 Å². The maximum Gasteiger partial charge on any atom is 0.226 e. The SMILES string of the molecule is CCc1nc(C(N)c2ccc(F)cc2)no1. The Kier molecular flexibility index (Phi) is 2.96. The summed E-state index contributed by atoms with van der Waals surface area (Å²) in [6.07, 6.45) is 0.670. The Morgan fingerprint density at radius 3 is 2.62 bits per heavy atom. The van der Waals surface area contributed by atoms with Crippen molar-refractivity contribution in [3.8, 4) is 0 Å². The van der Waals surface area contributed by atoms with Crippen molar-refractivity contribution in [3.05, 3.63) is 47.4 Å². The number of halogens is 1. The van der Waals surface area contributed by atoms with Crippen LogP contribution in [0, 0.1) is 5.82 Å². The second-order valence-corrected chi connectivity index (χ2v) is 3.43. The van der Waals surface area contributed by atoms with E-state index in [4.69, 9.17) is 10.3 Å². The molecule has 5 heteroatoms. The molecule has 1 aromatic carbocycles. The summed E-state index contributed by atoms with van der Waals surface area (Å²) in [4.78, 5) is 4.13. The molecule has 1 atom stereocenters. The van der Waals surface area contributed by atoms with Crippen LogP contribution < -0.4 is 5.73 Å². The van der Waals surface area contributed by atoms with Gasteiger partial charge in [-0.2, -0.15) is 4.98 Å². The van der Waals surface area contributed by atoms with Crippen molar-refractivity contribution in [1.29, 1.82) is 0 Å². The molecule has 0 saturated heterocycles. The largest absolute Gasteiger partial charge is 0.339 e. The normalized spacial score (nSPS) is 12.7. The minimum atomic E-state index is -0.482. The Bertz CT molecular complexity index is 466. The smallest absolute Gasteiger partial charge is 0.226 e. The Morgan fingerprint density at radius 1 is 1.38 bits per heavy atom. The van der Waals surface area contributed by atoms with Crippen LogP contribution in [0.4, 0.5) is 4.39 Å². The van der Waals surface area contributed by atoms with Gasteiger partial charge in [0.1, 0.15) is 5.82 Å². The van der Waals surface area contributed by atoms with Crippen LogP contribution in [0.3, 0.4) is 0 Å². The molecule has 0 bridgehead atoms. The third kappa shape index (κ3) is 2.09. The molecule has 0 aliphatic rings. The van der Waals surface area contributed by atoms with E-state index in [-0.39, 0.29) is 5.82 Å². The van der Waals surface area contributed by atoms with E-state index in [1.807, 2.05) is 6.92 Å². The van der Waals surface area contributed by atoms with Crippen molar-refractivity contribution in [2.24, 2.45) is 5.73 Å². The van der Waals surface area contributed by atoms with E-state index < -0.39 is 6.04 Å². The van der Waals surface area contributed by atoms with E-state index in [0.717, 1.165) is 5.56 Å². The van der Waals surface area contributed by atoms with Crippen LogP contribution in [0.5, 0.6) is 0 Å². The third-order valence-corrected chi connectivity index (χ3v) is 2.29. The van der Waals surface area contributed by atoms with E-state index in [1.54, 1.807) is 12.1 Å². The Balaban J connectivity index is 2.24. The molecule has 1 heterocycles. The summed E-state index contributed by atoms with van der Waals surface area (Å²) in [5.74, 6) is 0.675. The summed E-state index contributed by atoms with van der Waals surface area (Å²) >= 11 is 0. The average Bonchev–Trinajstić information content (AvgIpc) is 2.77. The molecule has 16 heavy (non-hydrogen) atoms. The molecule has 0 aliphatic carbocycles. The number of aromatic nitrogens is 2. The molecule has 84 valence electrons. The monoisotopic (exact) mass is 221 g/mol. The number of nitrogens with zero attached hydrogens (tertiary/aromatic N) is 2. The van der Waals surface area contributed by atoms with Gasteiger partial charge in [0, 0.05) is 6.42 Å². The maximum atomic E-state index is 12.7. The van der Waals surface area contributed by atoms with Crippen molar-refractivity contribution < 1.29 is 8.91 Å². The lowest BCUT2D eigenvalue weighted by molar-refractivity contribution is 0.375. The van der Waals surface area contributed by atoms with Gasteiger partial charge in [-0.1, -0.05) is 24.2 Å². The second-order valence-electron chi connectivity index (χ2n) is 3.43. The lowest BCUT2D eigenvalue weighted by Gasteiger charge is -2.06. The topological polar surface area (TPSA) is 64.9 Å². The zero-order valence-electron chi connectivity index (χ0n) is 8.85. The van der Waals surface area contributed by atoms with Gasteiger partial charge in [0.2, 0.25) is 5.89 Å². The van der Waals surface area contributed by atoms with Crippen LogP contribution in [0.1, 0.15) is 30.2 Å². The minimum Gasteiger partial charge on any atom is -0.339 e. The standard InChI is InChI=1S/C11H12FN3O/c1-2-9-14-11(15-16-9)10(13)7-3-5-8(12)6-4-7/h3-6,10H,2,13H2,1H3. The van der Waals surface area contributed by atoms with Crippen LogP contribution in [-0.2, 0) is 6.42 Å². The fourth-order valence-electron chi connectivity index (χ4n) is 1.36. The zero-order valence-corrected chi connectivity index (χ0v) is 8.85. The first-order chi connectivity index (χ1) is 7.70. The molecule has 0 aliphatic heterocycles. The van der Waals surface area contributed by atoms with Gasteiger partial charge >= 0.3 is 0 Å². The number of nitrogens with two attached hydrogens (primary N) is 1. The highest BCUT2D eigenvalue weighted by Crippen LogP contribution is 2.17. The second kappa shape index (κ2) is 4.40. The van der Waals surface area contributed by atoms with Crippen molar-refractivity contribution in [3.63, 3.8) is 0 Å². The Hall–Kier alpha value is -1.75. The van der Waals surface area contributed by atoms with Crippen molar-refractivity contribution in [1.82, 2.24) is 10.1 Å². The van der Waals surface area contributed by atoms with Crippen LogP contribution in [0.2, 0.25) is 0 Å². The summed E-state index contributed by atoms with van der Waals surface area (Å²) in [6, 6.07) is 5.46. The van der Waals surface area contributed by atoms with Gasteiger partial charge in [0.15, 0.2) is 5.82 Å². The highest BCUT2D eigenvalue weighted by molar-refractivity contribution is 5.24. The van der Waals surface area contributed by atoms with Crippen molar-refractivity contribution >= 4 is 0 Å². The van der Waals surface area contributed by atoms with Gasteiger partial charge in [-0.05, 0) is 17.7 Å². The molecule has 2 rings (SSSR count). The number of hydrogen-bond acceptors (Lipinski definition) is 4. The van der Waals surface area contributed by atoms with Crippen molar-refractivity contribution in [2.45, 2.75) is 19.4 Å². The maximum absolute atomic E-state index is 12.7. The highest BCUT2D eigenvalue weighted by atomic mass is 19.1. The molecule has 1 unspecified atom stereocenters. The molecule has 2 aromatic rings. The van der Waals surface area contributed by atoms with Crippen LogP contribution in [0.25, 0.3) is 0 Å². The summed E-state index contributed by atoms with van der Waals surface area (Å²) in [5.41, 5.74) is 6.68. The summed E-state index contributed by atoms with van der Waals surface area (Å²) in [7, 11) is 0. The molecule has 2 N–H and O–H groups in total. The van der Waals surface area contributed by atoms with Gasteiger partial charge in [-0.3, -0.25) is 0 Å². The molecule has 0 spiro atoms. The molecule has 0 fully saturated rings. The van der Waals surface area contributed by atoms with Gasteiger partial charge in [0.05, 0.1) is 6.04 Å². The van der Waals surface area contributed by atoms with E-state index in [0.29, 0.717) is 18.1 Å². The molecule has 1 aromatic heterocycles. The number of hydrogen-bond donors (Lipinski definition) is 1. The van der Waals surface area contributed by atoms with Crippen LogP contribution in [-0.4, -0.2) is 10.1 Å². The molecule has 0 saturated carbocycles. The fraction of sp³-hybridized carbons (Fsp3) is 0.273. The quantitative estimate of drug-likeness (QED) is 0.858. The van der Waals surface area contributed by atoms with Gasteiger partial charge in [-0.25, -0.2) is 4.39 Å². The summed E-state index contributed by atoms with van der Waals surface area (Å²) in [6.45, 7) is 1.92. The lowest BCUT2D eigenvalue weighted by Crippen LogP contribution is -2.13. The molecule has 0 radical (unpaired) electrons. The number of rotatable bonds is 3. The predicted octanol–water partition coefficient (Wildman–Crippen LogP) is 1.82. The first kappa shape index (κ1) is 10.8. The van der Waals surface area contributed by atoms with E-state index >= 15 is 0 Å². The lowest BCUT2D eigenvalue weighted by atomic mass is 10.1. The summed E-state index contributed by atoms with van der Waals surface area (Å²) in [5, 5.41) is 3.78. The van der Waals surface area contributed by atoms with Crippen molar-refractivity contribution in [2.75, 3.05) is 0 Å². The van der Waals surface area contributed by atoms with Gasteiger partial charge in [0.25, 0.3) is 0 Å². The van der Waals surface area contributed by atoms with E-state index in [2.05, 4.69) is 10.1 Å². The average molecular weight is 221 g/mol. The fourth-order valence-corrected chi connectivity index (χ4v) is 1.36. The number of benzene rings is 1. The first-order valence-electron chi connectivity index (χ1n) is 5.04. The Labute approximate surface area is 92.3 Å². The van der Waals surface area contributed by atoms with Gasteiger partial charge < -0.3 is 10.3 Å². The molecular formula is C11H12FN3O. The van der Waals surface area contributed by atoms with E-state index in [9.17, 15) is 4.39 Å². The Morgan fingerprint density at radius 2 is 2.06 bits per heavy atom. The van der Waals surface area contributed by atoms with Gasteiger partial charge in [-0.15, -0.1) is 0 Å². The minimum absolute atomic E-state index is 0.293. The molecule has 0 amide bonds. The molecule has 4 nitrogen and oxygen atoms in total. The zero-order chi connectivity index (χ0) is 11.5. The first-order valence-corrected chi connectivity index (χ1v) is 5.04. The third-order valence-electron chi connectivity index (χ3n) is 2.29. The highest BCUT2D eigenvalue weighted by Gasteiger charge is 2.15. The number of aryl methyl sites for hydroxylation is 1.